The third kappa shape index (κ3) is 3.12. The van der Waals surface area contributed by atoms with E-state index >= 15 is 0 Å². The Morgan fingerprint density at radius 3 is 2.71 bits per heavy atom. The molecule has 2 aromatic rings. The molecule has 0 spiro atoms. The van der Waals surface area contributed by atoms with Gasteiger partial charge in [-0.25, -0.2) is 4.98 Å². The Balaban J connectivity index is 1.99. The minimum Gasteiger partial charge on any atom is -0.394 e. The molecule has 1 aromatic carbocycles. The van der Waals surface area contributed by atoms with Crippen LogP contribution in [0.15, 0.2) is 35.8 Å². The summed E-state index contributed by atoms with van der Waals surface area (Å²) in [7, 11) is 0. The first kappa shape index (κ1) is 12.2. The van der Waals surface area contributed by atoms with Crippen LogP contribution in [0.4, 0.5) is 0 Å². The van der Waals surface area contributed by atoms with Crippen LogP contribution in [0.3, 0.4) is 0 Å². The van der Waals surface area contributed by atoms with Crippen molar-refractivity contribution in [3.63, 3.8) is 0 Å². The summed E-state index contributed by atoms with van der Waals surface area (Å²) in [6.07, 6.45) is 0. The molecule has 0 aliphatic rings. The number of nitrogens with zero attached hydrogens (tertiary/aromatic N) is 1. The monoisotopic (exact) mass is 248 g/mol. The number of aryl methyl sites for hydroxylation is 1. The van der Waals surface area contributed by atoms with Crippen LogP contribution in [0.1, 0.15) is 22.2 Å². The van der Waals surface area contributed by atoms with Crippen LogP contribution in [-0.2, 0) is 6.54 Å². The maximum absolute atomic E-state index is 9.40. The van der Waals surface area contributed by atoms with Crippen LogP contribution in [0.2, 0.25) is 0 Å². The zero-order valence-corrected chi connectivity index (χ0v) is 10.6. The van der Waals surface area contributed by atoms with E-state index in [2.05, 4.69) is 10.3 Å². The number of rotatable bonds is 5. The Morgan fingerprint density at radius 2 is 2.12 bits per heavy atom. The van der Waals surface area contributed by atoms with E-state index in [0.29, 0.717) is 0 Å². The Kier molecular flexibility index (Phi) is 4.25. The molecule has 90 valence electrons. The van der Waals surface area contributed by atoms with E-state index < -0.39 is 0 Å². The first-order valence-corrected chi connectivity index (χ1v) is 6.47. The Bertz CT molecular complexity index is 455. The van der Waals surface area contributed by atoms with Crippen molar-refractivity contribution in [2.45, 2.75) is 19.5 Å². The quantitative estimate of drug-likeness (QED) is 0.853. The molecular weight excluding hydrogens is 232 g/mol. The maximum atomic E-state index is 9.40. The highest BCUT2D eigenvalue weighted by atomic mass is 32.1. The molecule has 2 rings (SSSR count). The number of benzene rings is 1. The second kappa shape index (κ2) is 5.91. The van der Waals surface area contributed by atoms with Gasteiger partial charge in [0.2, 0.25) is 0 Å². The summed E-state index contributed by atoms with van der Waals surface area (Å²) in [4.78, 5) is 5.43. The number of hydrogen-bond donors (Lipinski definition) is 2. The van der Waals surface area contributed by atoms with Gasteiger partial charge in [-0.1, -0.05) is 30.3 Å². The lowest BCUT2D eigenvalue weighted by molar-refractivity contribution is 0.244. The zero-order valence-electron chi connectivity index (χ0n) is 9.76. The van der Waals surface area contributed by atoms with Gasteiger partial charge in [0.1, 0.15) is 0 Å². The van der Waals surface area contributed by atoms with Gasteiger partial charge in [-0.05, 0) is 12.5 Å². The van der Waals surface area contributed by atoms with E-state index in [1.165, 1.54) is 4.88 Å². The van der Waals surface area contributed by atoms with E-state index in [-0.39, 0.29) is 12.6 Å². The first-order chi connectivity index (χ1) is 8.31. The van der Waals surface area contributed by atoms with Crippen molar-refractivity contribution in [1.82, 2.24) is 10.3 Å². The number of hydrogen-bond acceptors (Lipinski definition) is 4. The summed E-state index contributed by atoms with van der Waals surface area (Å²) in [6.45, 7) is 2.85. The topological polar surface area (TPSA) is 45.2 Å². The minimum absolute atomic E-state index is 0.0160. The molecule has 0 aliphatic carbocycles. The summed E-state index contributed by atoms with van der Waals surface area (Å²) in [5.41, 5.74) is 4.02. The van der Waals surface area contributed by atoms with E-state index in [9.17, 15) is 5.11 Å². The molecule has 0 saturated heterocycles. The van der Waals surface area contributed by atoms with Crippen molar-refractivity contribution in [3.8, 4) is 0 Å². The number of aliphatic hydroxyl groups excluding tert-OH is 1. The van der Waals surface area contributed by atoms with Gasteiger partial charge < -0.3 is 10.4 Å². The van der Waals surface area contributed by atoms with Gasteiger partial charge >= 0.3 is 0 Å². The largest absolute Gasteiger partial charge is 0.394 e. The maximum Gasteiger partial charge on any atom is 0.0798 e. The molecule has 1 aromatic heterocycles. The lowest BCUT2D eigenvalue weighted by Gasteiger charge is -2.16. The van der Waals surface area contributed by atoms with E-state index in [4.69, 9.17) is 0 Å². The van der Waals surface area contributed by atoms with Gasteiger partial charge in [0.15, 0.2) is 0 Å². The SMILES string of the molecule is Cc1ncsc1CN[C@H](CO)c1ccccc1. The molecule has 1 atom stereocenters. The Hall–Kier alpha value is -1.23. The van der Waals surface area contributed by atoms with Crippen molar-refractivity contribution in [2.75, 3.05) is 6.61 Å². The molecule has 0 bridgehead atoms. The van der Waals surface area contributed by atoms with E-state index in [0.717, 1.165) is 17.8 Å². The van der Waals surface area contributed by atoms with Gasteiger partial charge in [0.05, 0.1) is 23.9 Å². The lowest BCUT2D eigenvalue weighted by atomic mass is 10.1. The third-order valence-corrected chi connectivity index (χ3v) is 3.67. The number of nitrogens with one attached hydrogen (secondary N) is 1. The van der Waals surface area contributed by atoms with Gasteiger partial charge in [-0.3, -0.25) is 0 Å². The highest BCUT2D eigenvalue weighted by molar-refractivity contribution is 7.09. The highest BCUT2D eigenvalue weighted by Gasteiger charge is 2.10. The molecule has 0 fully saturated rings. The summed E-state index contributed by atoms with van der Waals surface area (Å²) in [5, 5.41) is 12.8. The fourth-order valence-corrected chi connectivity index (χ4v) is 2.41. The third-order valence-electron chi connectivity index (χ3n) is 2.74. The molecule has 0 unspecified atom stereocenters. The molecule has 3 nitrogen and oxygen atoms in total. The molecule has 0 saturated carbocycles. The fraction of sp³-hybridized carbons (Fsp3) is 0.308. The summed E-state index contributed by atoms with van der Waals surface area (Å²) in [6, 6.07) is 9.97. The molecule has 4 heteroatoms. The van der Waals surface area contributed by atoms with Gasteiger partial charge in [0, 0.05) is 11.4 Å². The lowest BCUT2D eigenvalue weighted by Crippen LogP contribution is -2.23. The molecule has 17 heavy (non-hydrogen) atoms. The molecule has 0 aliphatic heterocycles. The summed E-state index contributed by atoms with van der Waals surface area (Å²) < 4.78 is 0. The van der Waals surface area contributed by atoms with Crippen LogP contribution < -0.4 is 5.32 Å². The van der Waals surface area contributed by atoms with Gasteiger partial charge in [-0.2, -0.15) is 0 Å². The zero-order chi connectivity index (χ0) is 12.1. The first-order valence-electron chi connectivity index (χ1n) is 5.59. The van der Waals surface area contributed by atoms with Crippen molar-refractivity contribution >= 4 is 11.3 Å². The van der Waals surface area contributed by atoms with E-state index in [1.54, 1.807) is 11.3 Å². The van der Waals surface area contributed by atoms with Crippen molar-refractivity contribution in [3.05, 3.63) is 52.0 Å². The van der Waals surface area contributed by atoms with Crippen LogP contribution in [-0.4, -0.2) is 16.7 Å². The fourth-order valence-electron chi connectivity index (χ4n) is 1.68. The normalized spacial score (nSPS) is 12.6. The second-order valence-electron chi connectivity index (χ2n) is 3.89. The molecule has 1 heterocycles. The van der Waals surface area contributed by atoms with Gasteiger partial charge in [0.25, 0.3) is 0 Å². The summed E-state index contributed by atoms with van der Waals surface area (Å²) >= 11 is 1.64. The molecule has 2 N–H and O–H groups in total. The Morgan fingerprint density at radius 1 is 1.35 bits per heavy atom. The predicted octanol–water partition coefficient (Wildman–Crippen LogP) is 2.27. The van der Waals surface area contributed by atoms with Crippen molar-refractivity contribution in [1.29, 1.82) is 0 Å². The number of aliphatic hydroxyl groups is 1. The van der Waals surface area contributed by atoms with Crippen molar-refractivity contribution < 1.29 is 5.11 Å². The number of aromatic nitrogens is 1. The van der Waals surface area contributed by atoms with E-state index in [1.807, 2.05) is 42.8 Å². The summed E-state index contributed by atoms with van der Waals surface area (Å²) in [5.74, 6) is 0. The Labute approximate surface area is 105 Å². The molecule has 0 radical (unpaired) electrons. The minimum atomic E-state index is -0.0160. The number of thiazole rings is 1. The van der Waals surface area contributed by atoms with Crippen LogP contribution in [0.5, 0.6) is 0 Å². The van der Waals surface area contributed by atoms with Crippen LogP contribution in [0.25, 0.3) is 0 Å². The van der Waals surface area contributed by atoms with Gasteiger partial charge in [-0.15, -0.1) is 11.3 Å². The van der Waals surface area contributed by atoms with Crippen molar-refractivity contribution in [2.24, 2.45) is 0 Å². The molecular formula is C13H16N2OS. The van der Waals surface area contributed by atoms with Crippen LogP contribution >= 0.6 is 11.3 Å². The standard InChI is InChI=1S/C13H16N2OS/c1-10-13(17-9-15-10)7-14-12(8-16)11-5-3-2-4-6-11/h2-6,9,12,14,16H,7-8H2,1H3/t12-/m1/s1. The average molecular weight is 248 g/mol. The average Bonchev–Trinajstić information content (AvgIpc) is 2.77. The van der Waals surface area contributed by atoms with Crippen LogP contribution in [0, 0.1) is 6.92 Å². The second-order valence-corrected chi connectivity index (χ2v) is 4.83. The molecule has 0 amide bonds. The smallest absolute Gasteiger partial charge is 0.0798 e. The predicted molar refractivity (Wildman–Crippen MR) is 70.0 cm³/mol. The highest BCUT2D eigenvalue weighted by Crippen LogP contribution is 2.16.